The quantitative estimate of drug-likeness (QED) is 0.850. The summed E-state index contributed by atoms with van der Waals surface area (Å²) in [4.78, 5) is 13.0. The van der Waals surface area contributed by atoms with Crippen LogP contribution in [0, 0.1) is 11.7 Å². The van der Waals surface area contributed by atoms with Crippen molar-refractivity contribution >= 4 is 5.95 Å². The Balaban J connectivity index is 1.45. The second-order valence-corrected chi connectivity index (χ2v) is 6.74. The molecular formula is C16H23FN4O. The van der Waals surface area contributed by atoms with Crippen LogP contribution in [0.1, 0.15) is 25.7 Å². The van der Waals surface area contributed by atoms with Gasteiger partial charge < -0.3 is 9.64 Å². The zero-order valence-electron chi connectivity index (χ0n) is 12.8. The highest BCUT2D eigenvalue weighted by Crippen LogP contribution is 2.30. The smallest absolute Gasteiger partial charge is 0.225 e. The molecule has 4 rings (SSSR count). The van der Waals surface area contributed by atoms with Gasteiger partial charge in [-0.2, -0.15) is 0 Å². The average Bonchev–Trinajstić information content (AvgIpc) is 3.17. The molecule has 1 aromatic heterocycles. The normalized spacial score (nSPS) is 30.0. The maximum Gasteiger partial charge on any atom is 0.225 e. The number of halogens is 1. The van der Waals surface area contributed by atoms with Gasteiger partial charge in [0.05, 0.1) is 31.1 Å². The van der Waals surface area contributed by atoms with Crippen LogP contribution >= 0.6 is 0 Å². The molecule has 1 saturated carbocycles. The van der Waals surface area contributed by atoms with Crippen molar-refractivity contribution in [3.05, 3.63) is 18.2 Å². The van der Waals surface area contributed by atoms with E-state index in [1.54, 1.807) is 0 Å². The SMILES string of the molecule is Fc1cnc(N2CCO[C@@H]3CN(CC4CCCC4)C[C@@H]32)nc1. The Labute approximate surface area is 130 Å². The van der Waals surface area contributed by atoms with Crippen molar-refractivity contribution in [1.82, 2.24) is 14.9 Å². The minimum atomic E-state index is -0.386. The number of fused-ring (bicyclic) bond motifs is 1. The first-order valence-electron chi connectivity index (χ1n) is 8.38. The van der Waals surface area contributed by atoms with Crippen molar-refractivity contribution in [2.45, 2.75) is 37.8 Å². The van der Waals surface area contributed by atoms with Crippen LogP contribution in [0.5, 0.6) is 0 Å². The first-order chi connectivity index (χ1) is 10.8. The van der Waals surface area contributed by atoms with Crippen molar-refractivity contribution in [1.29, 1.82) is 0 Å². The topological polar surface area (TPSA) is 41.5 Å². The molecule has 6 heteroatoms. The fourth-order valence-electron chi connectivity index (χ4n) is 4.17. The Morgan fingerprint density at radius 3 is 2.73 bits per heavy atom. The van der Waals surface area contributed by atoms with Crippen LogP contribution in [0.15, 0.2) is 12.4 Å². The summed E-state index contributed by atoms with van der Waals surface area (Å²) in [6.07, 6.45) is 8.24. The molecule has 5 nitrogen and oxygen atoms in total. The lowest BCUT2D eigenvalue weighted by molar-refractivity contribution is 0.0298. The van der Waals surface area contributed by atoms with Crippen molar-refractivity contribution in [3.63, 3.8) is 0 Å². The van der Waals surface area contributed by atoms with Gasteiger partial charge >= 0.3 is 0 Å². The molecule has 0 aromatic carbocycles. The van der Waals surface area contributed by atoms with Crippen molar-refractivity contribution in [2.75, 3.05) is 37.7 Å². The van der Waals surface area contributed by atoms with Gasteiger partial charge in [0.1, 0.15) is 0 Å². The lowest BCUT2D eigenvalue weighted by Gasteiger charge is -2.36. The van der Waals surface area contributed by atoms with Crippen LogP contribution in [0.2, 0.25) is 0 Å². The molecule has 2 aliphatic heterocycles. The van der Waals surface area contributed by atoms with Crippen LogP contribution in [0.4, 0.5) is 10.3 Å². The number of likely N-dealkylation sites (tertiary alicyclic amines) is 1. The summed E-state index contributed by atoms with van der Waals surface area (Å²) >= 11 is 0. The molecule has 3 aliphatic rings. The van der Waals surface area contributed by atoms with E-state index in [2.05, 4.69) is 19.8 Å². The molecule has 2 atom stereocenters. The maximum atomic E-state index is 13.0. The number of nitrogens with zero attached hydrogens (tertiary/aromatic N) is 4. The summed E-state index contributed by atoms with van der Waals surface area (Å²) in [7, 11) is 0. The number of ether oxygens (including phenoxy) is 1. The molecule has 0 radical (unpaired) electrons. The lowest BCUT2D eigenvalue weighted by Crippen LogP contribution is -2.51. The highest BCUT2D eigenvalue weighted by Gasteiger charge is 2.41. The average molecular weight is 306 g/mol. The predicted molar refractivity (Wildman–Crippen MR) is 81.3 cm³/mol. The fraction of sp³-hybridized carbons (Fsp3) is 0.750. The zero-order valence-corrected chi connectivity index (χ0v) is 12.8. The molecule has 1 aliphatic carbocycles. The first kappa shape index (κ1) is 14.3. The molecule has 3 fully saturated rings. The Hall–Kier alpha value is -1.27. The number of aromatic nitrogens is 2. The standard InChI is InChI=1S/C16H23FN4O/c17-13-7-18-16(19-8-13)21-5-6-22-15-11-20(10-14(15)21)9-12-3-1-2-4-12/h7-8,12,14-15H,1-6,9-11H2/t14-,15+/m0/s1. The van der Waals surface area contributed by atoms with Crippen LogP contribution in [0.3, 0.4) is 0 Å². The minimum absolute atomic E-state index is 0.226. The third kappa shape index (κ3) is 2.82. The van der Waals surface area contributed by atoms with Crippen LogP contribution in [-0.4, -0.2) is 59.8 Å². The number of hydrogen-bond acceptors (Lipinski definition) is 5. The molecule has 2 saturated heterocycles. The molecule has 0 spiro atoms. The van der Waals surface area contributed by atoms with Crippen molar-refractivity contribution < 1.29 is 9.13 Å². The van der Waals surface area contributed by atoms with E-state index in [4.69, 9.17) is 4.74 Å². The molecular weight excluding hydrogens is 283 g/mol. The molecule has 0 unspecified atom stereocenters. The Morgan fingerprint density at radius 1 is 1.18 bits per heavy atom. The molecule has 0 amide bonds. The third-order valence-electron chi connectivity index (χ3n) is 5.23. The molecule has 22 heavy (non-hydrogen) atoms. The number of anilines is 1. The molecule has 120 valence electrons. The highest BCUT2D eigenvalue weighted by molar-refractivity contribution is 5.33. The Kier molecular flexibility index (Phi) is 3.96. The van der Waals surface area contributed by atoms with Crippen LogP contribution in [-0.2, 0) is 4.74 Å². The van der Waals surface area contributed by atoms with Gasteiger partial charge in [0.25, 0.3) is 0 Å². The minimum Gasteiger partial charge on any atom is -0.373 e. The molecule has 3 heterocycles. The van der Waals surface area contributed by atoms with Crippen molar-refractivity contribution in [2.24, 2.45) is 5.92 Å². The zero-order chi connectivity index (χ0) is 14.9. The summed E-state index contributed by atoms with van der Waals surface area (Å²) in [6.45, 7) is 4.67. The van der Waals surface area contributed by atoms with Gasteiger partial charge in [0.2, 0.25) is 5.95 Å². The van der Waals surface area contributed by atoms with E-state index in [-0.39, 0.29) is 11.9 Å². The van der Waals surface area contributed by atoms with E-state index >= 15 is 0 Å². The van der Waals surface area contributed by atoms with E-state index in [1.165, 1.54) is 44.6 Å². The van der Waals surface area contributed by atoms with E-state index in [1.807, 2.05) is 0 Å². The van der Waals surface area contributed by atoms with Gasteiger partial charge in [0.15, 0.2) is 5.82 Å². The fourth-order valence-corrected chi connectivity index (χ4v) is 4.17. The van der Waals surface area contributed by atoms with E-state index in [9.17, 15) is 4.39 Å². The molecule has 0 N–H and O–H groups in total. The Morgan fingerprint density at radius 2 is 1.95 bits per heavy atom. The summed E-state index contributed by atoms with van der Waals surface area (Å²) < 4.78 is 19.0. The van der Waals surface area contributed by atoms with Gasteiger partial charge in [-0.15, -0.1) is 0 Å². The Bertz CT molecular complexity index is 505. The maximum absolute atomic E-state index is 13.0. The van der Waals surface area contributed by atoms with Gasteiger partial charge in [-0.3, -0.25) is 4.90 Å². The summed E-state index contributed by atoms with van der Waals surface area (Å²) in [5, 5.41) is 0. The van der Waals surface area contributed by atoms with Gasteiger partial charge in [0, 0.05) is 26.2 Å². The monoisotopic (exact) mass is 306 g/mol. The lowest BCUT2D eigenvalue weighted by atomic mass is 10.1. The van der Waals surface area contributed by atoms with E-state index in [0.717, 1.165) is 25.6 Å². The largest absolute Gasteiger partial charge is 0.373 e. The second kappa shape index (κ2) is 6.08. The second-order valence-electron chi connectivity index (χ2n) is 6.74. The van der Waals surface area contributed by atoms with Gasteiger partial charge in [-0.25, -0.2) is 14.4 Å². The van der Waals surface area contributed by atoms with Gasteiger partial charge in [-0.05, 0) is 18.8 Å². The summed E-state index contributed by atoms with van der Waals surface area (Å²) in [6, 6.07) is 0.292. The number of hydrogen-bond donors (Lipinski definition) is 0. The van der Waals surface area contributed by atoms with Crippen LogP contribution in [0.25, 0.3) is 0 Å². The predicted octanol–water partition coefficient (Wildman–Crippen LogP) is 1.70. The highest BCUT2D eigenvalue weighted by atomic mass is 19.1. The van der Waals surface area contributed by atoms with Crippen molar-refractivity contribution in [3.8, 4) is 0 Å². The third-order valence-corrected chi connectivity index (χ3v) is 5.23. The summed E-state index contributed by atoms with van der Waals surface area (Å²) in [5.74, 6) is 1.10. The van der Waals surface area contributed by atoms with Crippen LogP contribution < -0.4 is 4.90 Å². The summed E-state index contributed by atoms with van der Waals surface area (Å²) in [5.41, 5.74) is 0. The van der Waals surface area contributed by atoms with E-state index < -0.39 is 0 Å². The first-order valence-corrected chi connectivity index (χ1v) is 8.38. The molecule has 0 bridgehead atoms. The number of rotatable bonds is 3. The van der Waals surface area contributed by atoms with E-state index in [0.29, 0.717) is 18.6 Å². The number of morpholine rings is 1. The molecule has 1 aromatic rings. The van der Waals surface area contributed by atoms with Gasteiger partial charge in [-0.1, -0.05) is 12.8 Å².